The maximum atomic E-state index is 13.7. The van der Waals surface area contributed by atoms with Gasteiger partial charge in [-0.15, -0.1) is 0 Å². The lowest BCUT2D eigenvalue weighted by Gasteiger charge is -2.18. The number of halogens is 9. The maximum Gasteiger partial charge on any atom is 0.405 e. The molecular weight excluding hydrogens is 579 g/mol. The summed E-state index contributed by atoms with van der Waals surface area (Å²) in [4.78, 5) is 34.1. The third-order valence-electron chi connectivity index (χ3n) is 4.56. The Morgan fingerprint density at radius 2 is 1.59 bits per heavy atom. The molecule has 0 heterocycles. The van der Waals surface area contributed by atoms with Crippen molar-refractivity contribution < 1.29 is 40.9 Å². The van der Waals surface area contributed by atoms with Crippen LogP contribution < -0.4 is 10.6 Å². The number of nitrogens with one attached hydrogen (secondary N) is 2. The van der Waals surface area contributed by atoms with Crippen molar-refractivity contribution in [3.8, 4) is 0 Å². The first-order chi connectivity index (χ1) is 17.0. The Labute approximate surface area is 219 Å². The minimum Gasteiger partial charge on any atom is -0.345 e. The topological polar surface area (TPSA) is 101 Å². The van der Waals surface area contributed by atoms with Crippen LogP contribution in [0.3, 0.4) is 0 Å². The van der Waals surface area contributed by atoms with Gasteiger partial charge in [0.2, 0.25) is 5.91 Å². The van der Waals surface area contributed by atoms with E-state index in [2.05, 4.69) is 0 Å². The van der Waals surface area contributed by atoms with E-state index in [1.165, 1.54) is 5.32 Å². The standard InChI is InChI=1S/C21H14Cl3F6N3O4/c22-14-6-11(7-15(23)18(14)24)13(21(28,29)30)4-2-10-1-3-12(16(5-10)33(36)37)19(35)31-8-17(34)32-9-20(25,26)27/h1-7,13H,8-9H2,(H,31,35)(H,32,34)/b4-2+. The predicted molar refractivity (Wildman–Crippen MR) is 124 cm³/mol. The number of hydrogen-bond acceptors (Lipinski definition) is 4. The monoisotopic (exact) mass is 591 g/mol. The zero-order chi connectivity index (χ0) is 28.1. The van der Waals surface area contributed by atoms with Gasteiger partial charge in [-0.3, -0.25) is 19.7 Å². The van der Waals surface area contributed by atoms with Crippen molar-refractivity contribution in [2.24, 2.45) is 0 Å². The van der Waals surface area contributed by atoms with Gasteiger partial charge in [-0.2, -0.15) is 26.3 Å². The number of nitro benzene ring substituents is 1. The normalized spacial score (nSPS) is 12.9. The van der Waals surface area contributed by atoms with Gasteiger partial charge < -0.3 is 10.6 Å². The van der Waals surface area contributed by atoms with Crippen LogP contribution >= 0.6 is 34.8 Å². The minimum absolute atomic E-state index is 0.0911. The summed E-state index contributed by atoms with van der Waals surface area (Å²) in [6, 6.07) is 4.76. The molecule has 16 heteroatoms. The highest BCUT2D eigenvalue weighted by atomic mass is 35.5. The van der Waals surface area contributed by atoms with Crippen molar-refractivity contribution in [3.63, 3.8) is 0 Å². The van der Waals surface area contributed by atoms with E-state index < -0.39 is 59.3 Å². The molecule has 2 aromatic carbocycles. The van der Waals surface area contributed by atoms with Crippen LogP contribution in [0.2, 0.25) is 15.1 Å². The summed E-state index contributed by atoms with van der Waals surface area (Å²) >= 11 is 17.4. The smallest absolute Gasteiger partial charge is 0.345 e. The second kappa shape index (κ2) is 12.0. The van der Waals surface area contributed by atoms with Gasteiger partial charge in [0, 0.05) is 6.07 Å². The average molecular weight is 593 g/mol. The van der Waals surface area contributed by atoms with E-state index >= 15 is 0 Å². The van der Waals surface area contributed by atoms with Crippen LogP contribution in [0.15, 0.2) is 36.4 Å². The molecule has 0 saturated heterocycles. The zero-order valence-electron chi connectivity index (χ0n) is 18.0. The summed E-state index contributed by atoms with van der Waals surface area (Å²) in [5, 5.41) is 14.3. The highest BCUT2D eigenvalue weighted by molar-refractivity contribution is 6.48. The molecule has 2 rings (SSSR count). The molecule has 0 aliphatic rings. The summed E-state index contributed by atoms with van der Waals surface area (Å²) in [6.07, 6.45) is -7.87. The first kappa shape index (κ1) is 30.2. The molecule has 37 heavy (non-hydrogen) atoms. The number of nitro groups is 1. The molecule has 200 valence electrons. The van der Waals surface area contributed by atoms with Crippen molar-refractivity contribution in [2.75, 3.05) is 13.1 Å². The largest absolute Gasteiger partial charge is 0.405 e. The number of allylic oxidation sites excluding steroid dienone is 1. The van der Waals surface area contributed by atoms with Crippen molar-refractivity contribution in [3.05, 3.63) is 78.3 Å². The molecule has 0 aromatic heterocycles. The van der Waals surface area contributed by atoms with E-state index in [1.54, 1.807) is 0 Å². The molecule has 0 saturated carbocycles. The first-order valence-corrected chi connectivity index (χ1v) is 10.9. The maximum absolute atomic E-state index is 13.7. The number of rotatable bonds is 8. The third kappa shape index (κ3) is 8.79. The molecule has 2 N–H and O–H groups in total. The van der Waals surface area contributed by atoms with Crippen molar-refractivity contribution in [2.45, 2.75) is 18.3 Å². The van der Waals surface area contributed by atoms with Crippen LogP contribution in [-0.2, 0) is 4.79 Å². The highest BCUT2D eigenvalue weighted by Gasteiger charge is 2.39. The van der Waals surface area contributed by atoms with Gasteiger partial charge in [-0.1, -0.05) is 53.0 Å². The first-order valence-electron chi connectivity index (χ1n) is 9.79. The Balaban J connectivity index is 2.28. The molecular formula is C21H14Cl3F6N3O4. The van der Waals surface area contributed by atoms with E-state index in [1.807, 2.05) is 5.32 Å². The van der Waals surface area contributed by atoms with Crippen LogP contribution in [0.1, 0.15) is 27.4 Å². The average Bonchev–Trinajstić information content (AvgIpc) is 2.78. The number of benzene rings is 2. The number of nitrogens with zero attached hydrogens (tertiary/aromatic N) is 1. The van der Waals surface area contributed by atoms with Gasteiger partial charge >= 0.3 is 12.4 Å². The second-order valence-corrected chi connectivity index (χ2v) is 8.48. The Hall–Kier alpha value is -3.03. The van der Waals surface area contributed by atoms with Gasteiger partial charge in [0.25, 0.3) is 11.6 Å². The molecule has 0 fully saturated rings. The Morgan fingerprint density at radius 1 is 1.00 bits per heavy atom. The molecule has 2 aromatic rings. The lowest BCUT2D eigenvalue weighted by atomic mass is 9.96. The summed E-state index contributed by atoms with van der Waals surface area (Å²) in [7, 11) is 0. The van der Waals surface area contributed by atoms with Gasteiger partial charge in [-0.05, 0) is 29.3 Å². The number of amides is 2. The lowest BCUT2D eigenvalue weighted by Crippen LogP contribution is -2.41. The summed E-state index contributed by atoms with van der Waals surface area (Å²) < 4.78 is 77.5. The molecule has 0 spiro atoms. The van der Waals surface area contributed by atoms with E-state index in [4.69, 9.17) is 34.8 Å². The summed E-state index contributed by atoms with van der Waals surface area (Å²) in [5.74, 6) is -4.59. The molecule has 0 aliphatic heterocycles. The Morgan fingerprint density at radius 3 is 2.11 bits per heavy atom. The quantitative estimate of drug-likeness (QED) is 0.162. The van der Waals surface area contributed by atoms with E-state index in [9.17, 15) is 46.0 Å². The molecule has 0 aliphatic carbocycles. The van der Waals surface area contributed by atoms with Gasteiger partial charge in [0.05, 0.1) is 32.5 Å². The summed E-state index contributed by atoms with van der Waals surface area (Å²) in [6.45, 7) is -2.55. The van der Waals surface area contributed by atoms with Gasteiger partial charge in [0.15, 0.2) is 0 Å². The predicted octanol–water partition coefficient (Wildman–Crippen LogP) is 6.32. The Kier molecular flexibility index (Phi) is 9.80. The number of alkyl halides is 6. The SMILES string of the molecule is O=C(CNC(=O)c1ccc(/C=C/C(c2cc(Cl)c(Cl)c(Cl)c2)C(F)(F)F)cc1[N+](=O)[O-])NCC(F)(F)F. The molecule has 7 nitrogen and oxygen atoms in total. The van der Waals surface area contributed by atoms with Gasteiger partial charge in [0.1, 0.15) is 12.1 Å². The van der Waals surface area contributed by atoms with Gasteiger partial charge in [-0.25, -0.2) is 0 Å². The van der Waals surface area contributed by atoms with Crippen LogP contribution in [0, 0.1) is 10.1 Å². The summed E-state index contributed by atoms with van der Waals surface area (Å²) in [5.41, 5.74) is -1.84. The molecule has 1 unspecified atom stereocenters. The molecule has 1 atom stereocenters. The number of carbonyl (C=O) groups excluding carboxylic acids is 2. The fraction of sp³-hybridized carbons (Fsp3) is 0.238. The third-order valence-corrected chi connectivity index (χ3v) is 5.75. The Bertz CT molecular complexity index is 1210. The highest BCUT2D eigenvalue weighted by Crippen LogP contribution is 2.41. The van der Waals surface area contributed by atoms with Crippen molar-refractivity contribution in [1.29, 1.82) is 0 Å². The molecule has 2 amide bonds. The van der Waals surface area contributed by atoms with Crippen LogP contribution in [0.25, 0.3) is 6.08 Å². The second-order valence-electron chi connectivity index (χ2n) is 7.29. The van der Waals surface area contributed by atoms with Crippen LogP contribution in [-0.4, -0.2) is 42.2 Å². The lowest BCUT2D eigenvalue weighted by molar-refractivity contribution is -0.385. The number of carbonyl (C=O) groups is 2. The zero-order valence-corrected chi connectivity index (χ0v) is 20.3. The fourth-order valence-electron chi connectivity index (χ4n) is 2.88. The number of hydrogen-bond donors (Lipinski definition) is 2. The van der Waals surface area contributed by atoms with Crippen molar-refractivity contribution in [1.82, 2.24) is 10.6 Å². The molecule has 0 bridgehead atoms. The molecule has 0 radical (unpaired) electrons. The minimum atomic E-state index is -4.81. The van der Waals surface area contributed by atoms with Crippen molar-refractivity contribution >= 4 is 58.4 Å². The van der Waals surface area contributed by atoms with Crippen LogP contribution in [0.4, 0.5) is 32.0 Å². The fourth-order valence-corrected chi connectivity index (χ4v) is 3.50. The van der Waals surface area contributed by atoms with E-state index in [0.29, 0.717) is 6.08 Å². The van der Waals surface area contributed by atoms with Crippen LogP contribution in [0.5, 0.6) is 0 Å². The van der Waals surface area contributed by atoms with E-state index in [0.717, 1.165) is 36.4 Å². The van der Waals surface area contributed by atoms with E-state index in [-0.39, 0.29) is 26.2 Å².